The molecule has 0 unspecified atom stereocenters. The molecule has 0 saturated heterocycles. The van der Waals surface area contributed by atoms with E-state index >= 15 is 0 Å². The third-order valence-corrected chi connectivity index (χ3v) is 3.01. The van der Waals surface area contributed by atoms with Crippen LogP contribution in [0.2, 0.25) is 0 Å². The average molecular weight is 199 g/mol. The normalized spacial score (nSPS) is 14.6. The van der Waals surface area contributed by atoms with Gasteiger partial charge in [0, 0.05) is 18.8 Å². The minimum atomic E-state index is 0.974. The van der Waals surface area contributed by atoms with E-state index in [4.69, 9.17) is 0 Å². The molecule has 0 amide bonds. The third-order valence-electron chi connectivity index (χ3n) is 3.01. The van der Waals surface area contributed by atoms with Gasteiger partial charge in [-0.3, -0.25) is 0 Å². The van der Waals surface area contributed by atoms with Crippen molar-refractivity contribution in [3.63, 3.8) is 0 Å². The predicted molar refractivity (Wildman–Crippen MR) is 64.5 cm³/mol. The summed E-state index contributed by atoms with van der Waals surface area (Å²) in [6.07, 6.45) is 1.11. The summed E-state index contributed by atoms with van der Waals surface area (Å²) in [5, 5.41) is 0. The predicted octanol–water partition coefficient (Wildman–Crippen LogP) is 3.13. The molecule has 1 heterocycles. The molecule has 0 aliphatic carbocycles. The van der Waals surface area contributed by atoms with E-state index in [0.29, 0.717) is 0 Å². The maximum Gasteiger partial charge on any atom is 0.0432 e. The highest BCUT2D eigenvalue weighted by Gasteiger charge is 2.16. The summed E-state index contributed by atoms with van der Waals surface area (Å²) in [4.78, 5) is 2.31. The quantitative estimate of drug-likeness (QED) is 0.661. The molecule has 0 spiro atoms. The molecule has 1 nitrogen and oxygen atoms in total. The Hall–Kier alpha value is -1.50. The van der Waals surface area contributed by atoms with Gasteiger partial charge in [0.15, 0.2) is 0 Å². The van der Waals surface area contributed by atoms with Gasteiger partial charge in [0.25, 0.3) is 0 Å². The average Bonchev–Trinajstić information content (AvgIpc) is 2.27. The van der Waals surface area contributed by atoms with Gasteiger partial charge < -0.3 is 4.90 Å². The van der Waals surface area contributed by atoms with Crippen LogP contribution in [-0.2, 0) is 13.0 Å². The van der Waals surface area contributed by atoms with Crippen LogP contribution in [0.5, 0.6) is 0 Å². The van der Waals surface area contributed by atoms with Crippen LogP contribution in [0.15, 0.2) is 48.7 Å². The van der Waals surface area contributed by atoms with E-state index in [2.05, 4.69) is 42.3 Å². The summed E-state index contributed by atoms with van der Waals surface area (Å²) < 4.78 is 0. The molecular weight excluding hydrogens is 182 g/mol. The second kappa shape index (κ2) is 3.93. The zero-order chi connectivity index (χ0) is 10.8. The first kappa shape index (κ1) is 10.0. The summed E-state index contributed by atoms with van der Waals surface area (Å²) in [5.41, 5.74) is 5.04. The summed E-state index contributed by atoms with van der Waals surface area (Å²) in [5.74, 6) is 0. The standard InChI is InChI=1S/C14H17N/c1-11(2)12(3)15-9-8-13-6-4-5-7-14(13)10-15/h4-7H,1,3,8-10H2,2H3. The molecular formula is C14H17N. The van der Waals surface area contributed by atoms with Crippen LogP contribution in [0, 0.1) is 0 Å². The van der Waals surface area contributed by atoms with Crippen molar-refractivity contribution in [2.75, 3.05) is 6.54 Å². The van der Waals surface area contributed by atoms with Crippen molar-refractivity contribution in [2.45, 2.75) is 19.9 Å². The minimum Gasteiger partial charge on any atom is -0.367 e. The first-order valence-corrected chi connectivity index (χ1v) is 5.35. The number of nitrogens with zero attached hydrogens (tertiary/aromatic N) is 1. The molecule has 1 aromatic carbocycles. The molecule has 2 rings (SSSR count). The highest BCUT2D eigenvalue weighted by atomic mass is 15.1. The fraction of sp³-hybridized carbons (Fsp3) is 0.286. The number of hydrogen-bond acceptors (Lipinski definition) is 1. The Bertz CT molecular complexity index is 404. The molecule has 1 aromatic rings. The maximum absolute atomic E-state index is 4.08. The van der Waals surface area contributed by atoms with Gasteiger partial charge in [0.2, 0.25) is 0 Å². The molecule has 0 radical (unpaired) electrons. The van der Waals surface area contributed by atoms with Crippen LogP contribution in [0.25, 0.3) is 0 Å². The Morgan fingerprint density at radius 1 is 1.20 bits per heavy atom. The summed E-state index contributed by atoms with van der Waals surface area (Å²) in [6.45, 7) is 12.1. The van der Waals surface area contributed by atoms with Gasteiger partial charge in [-0.15, -0.1) is 0 Å². The fourth-order valence-corrected chi connectivity index (χ4v) is 2.00. The van der Waals surface area contributed by atoms with E-state index in [0.717, 1.165) is 30.8 Å². The Morgan fingerprint density at radius 2 is 1.87 bits per heavy atom. The molecule has 1 aliphatic heterocycles. The Morgan fingerprint density at radius 3 is 2.53 bits per heavy atom. The zero-order valence-corrected chi connectivity index (χ0v) is 9.29. The number of allylic oxidation sites excluding steroid dienone is 1. The molecule has 15 heavy (non-hydrogen) atoms. The monoisotopic (exact) mass is 199 g/mol. The lowest BCUT2D eigenvalue weighted by Crippen LogP contribution is -2.29. The van der Waals surface area contributed by atoms with Gasteiger partial charge in [-0.2, -0.15) is 0 Å². The molecule has 0 aromatic heterocycles. The van der Waals surface area contributed by atoms with Crippen LogP contribution in [0.1, 0.15) is 18.1 Å². The van der Waals surface area contributed by atoms with Gasteiger partial charge in [-0.25, -0.2) is 0 Å². The SMILES string of the molecule is C=C(C)C(=C)N1CCc2ccccc2C1. The van der Waals surface area contributed by atoms with Gasteiger partial charge in [-0.05, 0) is 30.0 Å². The number of benzene rings is 1. The highest BCUT2D eigenvalue weighted by molar-refractivity contribution is 5.32. The van der Waals surface area contributed by atoms with Gasteiger partial charge in [0.05, 0.1) is 0 Å². The molecule has 1 heteroatoms. The first-order valence-electron chi connectivity index (χ1n) is 5.35. The van der Waals surface area contributed by atoms with Crippen molar-refractivity contribution in [1.29, 1.82) is 0 Å². The second-order valence-corrected chi connectivity index (χ2v) is 4.17. The minimum absolute atomic E-state index is 0.974. The smallest absolute Gasteiger partial charge is 0.0432 e. The van der Waals surface area contributed by atoms with Crippen molar-refractivity contribution in [3.8, 4) is 0 Å². The molecule has 0 bridgehead atoms. The Labute approximate surface area is 91.7 Å². The molecule has 0 saturated carbocycles. The molecule has 0 fully saturated rings. The van der Waals surface area contributed by atoms with E-state index in [9.17, 15) is 0 Å². The van der Waals surface area contributed by atoms with Crippen LogP contribution < -0.4 is 0 Å². The molecule has 1 aliphatic rings. The van der Waals surface area contributed by atoms with Crippen LogP contribution in [0.4, 0.5) is 0 Å². The van der Waals surface area contributed by atoms with E-state index in [1.165, 1.54) is 11.1 Å². The lowest BCUT2D eigenvalue weighted by molar-refractivity contribution is 0.329. The van der Waals surface area contributed by atoms with Crippen molar-refractivity contribution in [1.82, 2.24) is 4.90 Å². The van der Waals surface area contributed by atoms with E-state index in [1.807, 2.05) is 6.92 Å². The number of rotatable bonds is 2. The van der Waals surface area contributed by atoms with Crippen molar-refractivity contribution in [3.05, 3.63) is 59.8 Å². The maximum atomic E-state index is 4.08. The second-order valence-electron chi connectivity index (χ2n) is 4.17. The third kappa shape index (κ3) is 1.96. The van der Waals surface area contributed by atoms with Crippen LogP contribution >= 0.6 is 0 Å². The van der Waals surface area contributed by atoms with Gasteiger partial charge in [-0.1, -0.05) is 37.4 Å². The van der Waals surface area contributed by atoms with Crippen molar-refractivity contribution in [2.24, 2.45) is 0 Å². The Balaban J connectivity index is 2.19. The Kier molecular flexibility index (Phi) is 2.63. The summed E-state index contributed by atoms with van der Waals surface area (Å²) in [7, 11) is 0. The summed E-state index contributed by atoms with van der Waals surface area (Å²) in [6, 6.07) is 8.64. The van der Waals surface area contributed by atoms with E-state index < -0.39 is 0 Å². The van der Waals surface area contributed by atoms with Crippen molar-refractivity contribution >= 4 is 0 Å². The molecule has 0 atom stereocenters. The highest BCUT2D eigenvalue weighted by Crippen LogP contribution is 2.23. The topological polar surface area (TPSA) is 3.24 Å². The van der Waals surface area contributed by atoms with Gasteiger partial charge >= 0.3 is 0 Å². The largest absolute Gasteiger partial charge is 0.367 e. The fourth-order valence-electron chi connectivity index (χ4n) is 2.00. The lowest BCUT2D eigenvalue weighted by atomic mass is 9.99. The number of hydrogen-bond donors (Lipinski definition) is 0. The van der Waals surface area contributed by atoms with Gasteiger partial charge in [0.1, 0.15) is 0 Å². The van der Waals surface area contributed by atoms with Crippen LogP contribution in [0.3, 0.4) is 0 Å². The number of fused-ring (bicyclic) bond motifs is 1. The lowest BCUT2D eigenvalue weighted by Gasteiger charge is -2.32. The summed E-state index contributed by atoms with van der Waals surface area (Å²) >= 11 is 0. The van der Waals surface area contributed by atoms with Crippen molar-refractivity contribution < 1.29 is 0 Å². The van der Waals surface area contributed by atoms with Crippen LogP contribution in [-0.4, -0.2) is 11.4 Å². The first-order chi connectivity index (χ1) is 7.18. The molecule has 78 valence electrons. The van der Waals surface area contributed by atoms with E-state index in [-0.39, 0.29) is 0 Å². The molecule has 0 N–H and O–H groups in total. The van der Waals surface area contributed by atoms with E-state index in [1.54, 1.807) is 0 Å². The zero-order valence-electron chi connectivity index (χ0n) is 9.29.